The molecule has 0 spiro atoms. The first-order chi connectivity index (χ1) is 12.8. The van der Waals surface area contributed by atoms with Gasteiger partial charge in [0.2, 0.25) is 5.13 Å². The molecule has 3 aromatic heterocycles. The molecule has 0 radical (unpaired) electrons. The second-order valence-electron chi connectivity index (χ2n) is 6.16. The zero-order valence-corrected chi connectivity index (χ0v) is 16.2. The minimum atomic E-state index is 0.339. The predicted octanol–water partition coefficient (Wildman–Crippen LogP) is 3.17. The van der Waals surface area contributed by atoms with E-state index >= 15 is 0 Å². The summed E-state index contributed by atoms with van der Waals surface area (Å²) in [6.07, 6.45) is 1.78. The lowest BCUT2D eigenvalue weighted by Gasteiger charge is -2.36. The average molecular weight is 388 g/mol. The molecule has 1 unspecified atom stereocenters. The lowest BCUT2D eigenvalue weighted by Crippen LogP contribution is -2.43. The topological polar surface area (TPSA) is 54.4 Å². The van der Waals surface area contributed by atoms with Crippen molar-refractivity contribution in [2.45, 2.75) is 6.04 Å². The molecular formula is C18H21N5OS2. The summed E-state index contributed by atoms with van der Waals surface area (Å²) in [6.45, 7) is 4.40. The fraction of sp³-hybridized carbons (Fsp3) is 0.389. The van der Waals surface area contributed by atoms with Crippen molar-refractivity contribution < 1.29 is 4.74 Å². The van der Waals surface area contributed by atoms with Gasteiger partial charge < -0.3 is 9.64 Å². The van der Waals surface area contributed by atoms with E-state index < -0.39 is 0 Å². The van der Waals surface area contributed by atoms with E-state index in [1.807, 2.05) is 29.5 Å². The smallest absolute Gasteiger partial charge is 0.208 e. The number of anilines is 1. The maximum Gasteiger partial charge on any atom is 0.208 e. The van der Waals surface area contributed by atoms with Gasteiger partial charge in [-0.1, -0.05) is 23.5 Å². The fourth-order valence-corrected chi connectivity index (χ4v) is 4.70. The number of rotatable bonds is 6. The normalized spacial score (nSPS) is 16.5. The maximum atomic E-state index is 5.53. The molecule has 0 amide bonds. The number of hydrogen-bond donors (Lipinski definition) is 0. The van der Waals surface area contributed by atoms with Crippen molar-refractivity contribution in [3.8, 4) is 10.7 Å². The number of aromatic nitrogens is 3. The maximum absolute atomic E-state index is 5.53. The monoisotopic (exact) mass is 387 g/mol. The summed E-state index contributed by atoms with van der Waals surface area (Å²) in [4.78, 5) is 10.5. The summed E-state index contributed by atoms with van der Waals surface area (Å²) in [5.74, 6) is 0. The predicted molar refractivity (Wildman–Crippen MR) is 106 cm³/mol. The SMILES string of the molecule is CN(CC(c1cccs1)N1CCOCC1)c1nnc(-c2ccccn2)s1. The van der Waals surface area contributed by atoms with Crippen LogP contribution in [0.3, 0.4) is 0 Å². The van der Waals surface area contributed by atoms with E-state index in [0.29, 0.717) is 6.04 Å². The van der Waals surface area contributed by atoms with Gasteiger partial charge >= 0.3 is 0 Å². The Morgan fingerprint density at radius 2 is 2.08 bits per heavy atom. The molecule has 4 rings (SSSR count). The third-order valence-corrected chi connectivity index (χ3v) is 6.46. The number of nitrogens with zero attached hydrogens (tertiary/aromatic N) is 5. The lowest BCUT2D eigenvalue weighted by molar-refractivity contribution is 0.0184. The summed E-state index contributed by atoms with van der Waals surface area (Å²) in [5, 5.41) is 12.6. The minimum Gasteiger partial charge on any atom is -0.379 e. The van der Waals surface area contributed by atoms with Crippen LogP contribution in [0, 0.1) is 0 Å². The van der Waals surface area contributed by atoms with Crippen molar-refractivity contribution in [1.29, 1.82) is 0 Å². The van der Waals surface area contributed by atoms with Crippen LogP contribution in [0.2, 0.25) is 0 Å². The summed E-state index contributed by atoms with van der Waals surface area (Å²) < 4.78 is 5.53. The van der Waals surface area contributed by atoms with Gasteiger partial charge in [0.15, 0.2) is 5.01 Å². The highest BCUT2D eigenvalue weighted by Gasteiger charge is 2.26. The highest BCUT2D eigenvalue weighted by molar-refractivity contribution is 7.18. The number of likely N-dealkylation sites (N-methyl/N-ethyl adjacent to an activating group) is 1. The van der Waals surface area contributed by atoms with Crippen molar-refractivity contribution >= 4 is 27.8 Å². The first-order valence-electron chi connectivity index (χ1n) is 8.62. The Labute approximate surface area is 161 Å². The zero-order valence-electron chi connectivity index (χ0n) is 14.6. The van der Waals surface area contributed by atoms with Gasteiger partial charge in [-0.05, 0) is 23.6 Å². The largest absolute Gasteiger partial charge is 0.379 e. The molecular weight excluding hydrogens is 366 g/mol. The number of pyridine rings is 1. The van der Waals surface area contributed by atoms with Crippen LogP contribution >= 0.6 is 22.7 Å². The average Bonchev–Trinajstić information content (AvgIpc) is 3.39. The molecule has 26 heavy (non-hydrogen) atoms. The van der Waals surface area contributed by atoms with Crippen molar-refractivity contribution in [3.05, 3.63) is 46.8 Å². The summed E-state index contributed by atoms with van der Waals surface area (Å²) in [7, 11) is 2.09. The second-order valence-corrected chi connectivity index (χ2v) is 8.10. The molecule has 1 saturated heterocycles. The third-order valence-electron chi connectivity index (χ3n) is 4.43. The molecule has 8 heteroatoms. The molecule has 0 N–H and O–H groups in total. The molecule has 1 aliphatic heterocycles. The Hall–Kier alpha value is -1.87. The van der Waals surface area contributed by atoms with E-state index in [0.717, 1.165) is 48.7 Å². The van der Waals surface area contributed by atoms with Crippen molar-refractivity contribution in [3.63, 3.8) is 0 Å². The quantitative estimate of drug-likeness (QED) is 0.648. The van der Waals surface area contributed by atoms with Gasteiger partial charge in [0.25, 0.3) is 0 Å². The summed E-state index contributed by atoms with van der Waals surface area (Å²) in [6, 6.07) is 10.5. The van der Waals surface area contributed by atoms with Gasteiger partial charge in [-0.15, -0.1) is 21.5 Å². The Morgan fingerprint density at radius 3 is 2.81 bits per heavy atom. The van der Waals surface area contributed by atoms with Crippen LogP contribution in [0.25, 0.3) is 10.7 Å². The summed E-state index contributed by atoms with van der Waals surface area (Å²) >= 11 is 3.39. The molecule has 0 bridgehead atoms. The van der Waals surface area contributed by atoms with E-state index in [4.69, 9.17) is 4.74 Å². The van der Waals surface area contributed by atoms with E-state index in [1.165, 1.54) is 4.88 Å². The third kappa shape index (κ3) is 3.93. The van der Waals surface area contributed by atoms with E-state index in [9.17, 15) is 0 Å². The van der Waals surface area contributed by atoms with Crippen LogP contribution in [0.4, 0.5) is 5.13 Å². The van der Waals surface area contributed by atoms with Gasteiger partial charge in [0, 0.05) is 37.8 Å². The zero-order chi connectivity index (χ0) is 17.8. The summed E-state index contributed by atoms with van der Waals surface area (Å²) in [5.41, 5.74) is 0.868. The van der Waals surface area contributed by atoms with Crippen LogP contribution in [0.5, 0.6) is 0 Å². The van der Waals surface area contributed by atoms with Crippen LogP contribution in [0.1, 0.15) is 10.9 Å². The fourth-order valence-electron chi connectivity index (χ4n) is 3.06. The number of hydrogen-bond acceptors (Lipinski definition) is 8. The molecule has 3 aromatic rings. The number of ether oxygens (including phenoxy) is 1. The highest BCUT2D eigenvalue weighted by atomic mass is 32.1. The van der Waals surface area contributed by atoms with Gasteiger partial charge in [-0.2, -0.15) is 0 Å². The standard InChI is InChI=1S/C18H21N5OS2/c1-22(18-21-20-17(26-18)14-5-2-3-7-19-14)13-15(16-6-4-12-25-16)23-8-10-24-11-9-23/h2-7,12,15H,8-11,13H2,1H3. The molecule has 4 heterocycles. The van der Waals surface area contributed by atoms with Crippen molar-refractivity contribution in [2.24, 2.45) is 0 Å². The van der Waals surface area contributed by atoms with Gasteiger partial charge in [-0.25, -0.2) is 0 Å². The molecule has 1 atom stereocenters. The molecule has 0 saturated carbocycles. The second kappa shape index (κ2) is 8.22. The molecule has 1 fully saturated rings. The van der Waals surface area contributed by atoms with Crippen LogP contribution in [-0.4, -0.2) is 60.0 Å². The Morgan fingerprint density at radius 1 is 1.19 bits per heavy atom. The molecule has 6 nitrogen and oxygen atoms in total. The van der Waals surface area contributed by atoms with Crippen molar-refractivity contribution in [1.82, 2.24) is 20.1 Å². The van der Waals surface area contributed by atoms with Crippen LogP contribution in [-0.2, 0) is 4.74 Å². The highest BCUT2D eigenvalue weighted by Crippen LogP contribution is 2.31. The number of thiophene rings is 1. The molecule has 0 aliphatic carbocycles. The van der Waals surface area contributed by atoms with E-state index in [1.54, 1.807) is 17.5 Å². The van der Waals surface area contributed by atoms with Gasteiger partial charge in [0.1, 0.15) is 5.69 Å². The number of morpholine rings is 1. The lowest BCUT2D eigenvalue weighted by atomic mass is 10.2. The molecule has 1 aliphatic rings. The Balaban J connectivity index is 1.51. The molecule has 136 valence electrons. The van der Waals surface area contributed by atoms with Gasteiger partial charge in [0.05, 0.1) is 19.3 Å². The first kappa shape index (κ1) is 17.5. The van der Waals surface area contributed by atoms with Crippen molar-refractivity contribution in [2.75, 3.05) is 44.8 Å². The van der Waals surface area contributed by atoms with E-state index in [-0.39, 0.29) is 0 Å². The Bertz CT molecular complexity index is 802. The van der Waals surface area contributed by atoms with Gasteiger partial charge in [-0.3, -0.25) is 9.88 Å². The van der Waals surface area contributed by atoms with E-state index in [2.05, 4.69) is 49.5 Å². The van der Waals surface area contributed by atoms with Crippen LogP contribution < -0.4 is 4.90 Å². The van der Waals surface area contributed by atoms with Crippen LogP contribution in [0.15, 0.2) is 41.9 Å². The first-order valence-corrected chi connectivity index (χ1v) is 10.3. The Kier molecular flexibility index (Phi) is 5.54. The minimum absolute atomic E-state index is 0.339. The molecule has 0 aromatic carbocycles.